The Labute approximate surface area is 155 Å². The fourth-order valence-electron chi connectivity index (χ4n) is 3.78. The predicted molar refractivity (Wildman–Crippen MR) is 99.0 cm³/mol. The van der Waals surface area contributed by atoms with E-state index >= 15 is 0 Å². The third-order valence-electron chi connectivity index (χ3n) is 5.33. The molecule has 7 heteroatoms. The second kappa shape index (κ2) is 6.42. The lowest BCUT2D eigenvalue weighted by atomic mass is 9.76. The lowest BCUT2D eigenvalue weighted by Gasteiger charge is -2.34. The number of nitrogens with one attached hydrogen (secondary N) is 1. The summed E-state index contributed by atoms with van der Waals surface area (Å²) in [5.41, 5.74) is 6.57. The number of halogens is 2. The summed E-state index contributed by atoms with van der Waals surface area (Å²) >= 11 is 0. The molecule has 3 N–H and O–H groups in total. The Hall–Kier alpha value is -2.80. The zero-order valence-electron chi connectivity index (χ0n) is 14.9. The molecule has 4 rings (SSSR count). The van der Waals surface area contributed by atoms with Gasteiger partial charge < -0.3 is 11.1 Å². The van der Waals surface area contributed by atoms with Crippen molar-refractivity contribution in [3.63, 3.8) is 0 Å². The zero-order valence-corrected chi connectivity index (χ0v) is 14.9. The second-order valence-corrected chi connectivity index (χ2v) is 7.34. The van der Waals surface area contributed by atoms with Gasteiger partial charge in [-0.15, -0.1) is 0 Å². The number of amides is 1. The maximum Gasteiger partial charge on any atom is 0.251 e. The number of fused-ring (bicyclic) bond motifs is 1. The molecular weight excluding hydrogens is 350 g/mol. The van der Waals surface area contributed by atoms with Crippen LogP contribution in [0.2, 0.25) is 0 Å². The summed E-state index contributed by atoms with van der Waals surface area (Å²) in [4.78, 5) is 11.6. The number of carbonyl (C=O) groups is 1. The van der Waals surface area contributed by atoms with Crippen LogP contribution in [0.25, 0.3) is 16.6 Å². The van der Waals surface area contributed by atoms with Crippen LogP contribution in [-0.2, 0) is 5.41 Å². The molecule has 0 spiro atoms. The molecule has 1 aromatic heterocycles. The van der Waals surface area contributed by atoms with Crippen molar-refractivity contribution in [1.29, 1.82) is 0 Å². The molecule has 0 aliphatic carbocycles. The van der Waals surface area contributed by atoms with Crippen molar-refractivity contribution >= 4 is 16.8 Å². The molecule has 5 nitrogen and oxygen atoms in total. The highest BCUT2D eigenvalue weighted by atomic mass is 19.1. The van der Waals surface area contributed by atoms with Crippen LogP contribution in [0.15, 0.2) is 36.5 Å². The average Bonchev–Trinajstić information content (AvgIpc) is 3.04. The van der Waals surface area contributed by atoms with Gasteiger partial charge in [0.2, 0.25) is 0 Å². The number of hydrogen-bond donors (Lipinski definition) is 2. The first kappa shape index (κ1) is 17.6. The highest BCUT2D eigenvalue weighted by molar-refractivity contribution is 6.04. The molecule has 2 heterocycles. The van der Waals surface area contributed by atoms with Crippen LogP contribution in [0.1, 0.15) is 35.7 Å². The van der Waals surface area contributed by atoms with Crippen molar-refractivity contribution in [2.45, 2.75) is 25.2 Å². The van der Waals surface area contributed by atoms with Crippen LogP contribution in [-0.4, -0.2) is 28.8 Å². The van der Waals surface area contributed by atoms with E-state index in [9.17, 15) is 13.6 Å². The molecule has 27 heavy (non-hydrogen) atoms. The number of nitrogens with two attached hydrogens (primary N) is 1. The molecule has 2 aromatic carbocycles. The first-order chi connectivity index (χ1) is 12.9. The number of piperidine rings is 1. The molecule has 1 fully saturated rings. The predicted octanol–water partition coefficient (Wildman–Crippen LogP) is 3.04. The Morgan fingerprint density at radius 3 is 2.78 bits per heavy atom. The number of hydrogen-bond acceptors (Lipinski definition) is 3. The normalized spacial score (nSPS) is 20.1. The number of rotatable bonds is 3. The highest BCUT2D eigenvalue weighted by Gasteiger charge is 2.29. The van der Waals surface area contributed by atoms with E-state index in [1.54, 1.807) is 6.07 Å². The van der Waals surface area contributed by atoms with Gasteiger partial charge in [-0.2, -0.15) is 5.10 Å². The smallest absolute Gasteiger partial charge is 0.251 e. The Balaban J connectivity index is 1.78. The Kier molecular flexibility index (Phi) is 4.19. The van der Waals surface area contributed by atoms with E-state index in [0.717, 1.165) is 37.6 Å². The van der Waals surface area contributed by atoms with Gasteiger partial charge in [-0.1, -0.05) is 13.0 Å². The molecule has 0 unspecified atom stereocenters. The molecule has 0 saturated carbocycles. The lowest BCUT2D eigenvalue weighted by molar-refractivity contribution is 0.100. The molecule has 1 aliphatic rings. The lowest BCUT2D eigenvalue weighted by Crippen LogP contribution is -2.41. The summed E-state index contributed by atoms with van der Waals surface area (Å²) < 4.78 is 29.9. The quantitative estimate of drug-likeness (QED) is 0.744. The van der Waals surface area contributed by atoms with Crippen LogP contribution in [0.3, 0.4) is 0 Å². The molecule has 1 atom stereocenters. The number of carbonyl (C=O) groups excluding carboxylic acids is 1. The topological polar surface area (TPSA) is 72.9 Å². The van der Waals surface area contributed by atoms with E-state index in [-0.39, 0.29) is 22.2 Å². The third-order valence-corrected chi connectivity index (χ3v) is 5.33. The van der Waals surface area contributed by atoms with Gasteiger partial charge in [-0.3, -0.25) is 4.79 Å². The summed E-state index contributed by atoms with van der Waals surface area (Å²) in [5.74, 6) is -1.80. The Morgan fingerprint density at radius 2 is 2.11 bits per heavy atom. The third kappa shape index (κ3) is 3.08. The number of primary amides is 1. The SMILES string of the molecule is C[C@@]1(c2ccc(-n3cc4cc(F)cc(C(N)=O)c4n3)c(F)c2)CCCNC1. The van der Waals surface area contributed by atoms with E-state index in [4.69, 9.17) is 5.73 Å². The van der Waals surface area contributed by atoms with Crippen molar-refractivity contribution in [2.24, 2.45) is 5.73 Å². The van der Waals surface area contributed by atoms with Crippen molar-refractivity contribution in [2.75, 3.05) is 13.1 Å². The van der Waals surface area contributed by atoms with E-state index in [2.05, 4.69) is 17.3 Å². The monoisotopic (exact) mass is 370 g/mol. The summed E-state index contributed by atoms with van der Waals surface area (Å²) in [7, 11) is 0. The minimum absolute atomic E-state index is 0.0263. The highest BCUT2D eigenvalue weighted by Crippen LogP contribution is 2.32. The molecule has 0 radical (unpaired) electrons. The Bertz CT molecular complexity index is 1040. The molecule has 0 bridgehead atoms. The van der Waals surface area contributed by atoms with Crippen LogP contribution >= 0.6 is 0 Å². The number of aromatic nitrogens is 2. The van der Waals surface area contributed by atoms with Gasteiger partial charge >= 0.3 is 0 Å². The molecule has 1 amide bonds. The van der Waals surface area contributed by atoms with Crippen LogP contribution < -0.4 is 11.1 Å². The maximum absolute atomic E-state index is 14.9. The summed E-state index contributed by atoms with van der Waals surface area (Å²) in [6, 6.07) is 7.37. The zero-order chi connectivity index (χ0) is 19.2. The molecule has 3 aromatic rings. The fraction of sp³-hybridized carbons (Fsp3) is 0.300. The van der Waals surface area contributed by atoms with Gasteiger partial charge in [0.15, 0.2) is 0 Å². The Morgan fingerprint density at radius 1 is 1.30 bits per heavy atom. The van der Waals surface area contributed by atoms with E-state index < -0.39 is 17.5 Å². The summed E-state index contributed by atoms with van der Waals surface area (Å²) in [5, 5.41) is 8.01. The maximum atomic E-state index is 14.9. The number of benzene rings is 2. The number of nitrogens with zero attached hydrogens (tertiary/aromatic N) is 2. The van der Waals surface area contributed by atoms with Gasteiger partial charge in [0.05, 0.1) is 5.56 Å². The summed E-state index contributed by atoms with van der Waals surface area (Å²) in [6.07, 6.45) is 3.53. The van der Waals surface area contributed by atoms with Gasteiger partial charge in [-0.05, 0) is 49.2 Å². The minimum atomic E-state index is -0.779. The molecule has 140 valence electrons. The fourth-order valence-corrected chi connectivity index (χ4v) is 3.78. The second-order valence-electron chi connectivity index (χ2n) is 7.34. The molecule has 1 saturated heterocycles. The molecule has 1 aliphatic heterocycles. The van der Waals surface area contributed by atoms with Crippen molar-refractivity contribution in [3.05, 3.63) is 59.3 Å². The average molecular weight is 370 g/mol. The van der Waals surface area contributed by atoms with Crippen LogP contribution in [0.4, 0.5) is 8.78 Å². The standard InChI is InChI=1S/C20H20F2N4O/c1-20(5-2-6-24-11-20)13-3-4-17(16(22)8-13)26-10-12-7-14(21)9-15(19(23)27)18(12)25-26/h3-4,7-10,24H,2,5-6,11H2,1H3,(H2,23,27)/t20-/m1/s1. The van der Waals surface area contributed by atoms with Gasteiger partial charge in [0.1, 0.15) is 22.8 Å². The van der Waals surface area contributed by atoms with Crippen molar-refractivity contribution in [1.82, 2.24) is 15.1 Å². The van der Waals surface area contributed by atoms with Gasteiger partial charge in [-0.25, -0.2) is 13.5 Å². The van der Waals surface area contributed by atoms with Crippen molar-refractivity contribution < 1.29 is 13.6 Å². The molecular formula is C20H20F2N4O. The van der Waals surface area contributed by atoms with E-state index in [1.807, 2.05) is 6.07 Å². The van der Waals surface area contributed by atoms with E-state index in [1.165, 1.54) is 23.0 Å². The van der Waals surface area contributed by atoms with Crippen LogP contribution in [0, 0.1) is 11.6 Å². The minimum Gasteiger partial charge on any atom is -0.366 e. The van der Waals surface area contributed by atoms with E-state index in [0.29, 0.717) is 5.39 Å². The van der Waals surface area contributed by atoms with Crippen molar-refractivity contribution in [3.8, 4) is 5.69 Å². The summed E-state index contributed by atoms with van der Waals surface area (Å²) in [6.45, 7) is 3.91. The first-order valence-electron chi connectivity index (χ1n) is 8.87. The van der Waals surface area contributed by atoms with Gasteiger partial charge in [0, 0.05) is 23.5 Å². The first-order valence-corrected chi connectivity index (χ1v) is 8.87. The van der Waals surface area contributed by atoms with Crippen LogP contribution in [0.5, 0.6) is 0 Å². The largest absolute Gasteiger partial charge is 0.366 e. The van der Waals surface area contributed by atoms with Gasteiger partial charge in [0.25, 0.3) is 5.91 Å².